The van der Waals surface area contributed by atoms with Crippen LogP contribution in [-0.2, 0) is 11.3 Å². The van der Waals surface area contributed by atoms with Gasteiger partial charge in [0.25, 0.3) is 0 Å². The summed E-state index contributed by atoms with van der Waals surface area (Å²) in [5.74, 6) is -0.159. The van der Waals surface area contributed by atoms with Gasteiger partial charge in [-0.25, -0.2) is 4.39 Å². The highest BCUT2D eigenvalue weighted by atomic mass is 19.1. The van der Waals surface area contributed by atoms with E-state index in [0.29, 0.717) is 18.8 Å². The molecule has 0 unspecified atom stereocenters. The van der Waals surface area contributed by atoms with E-state index >= 15 is 0 Å². The van der Waals surface area contributed by atoms with E-state index in [1.165, 1.54) is 0 Å². The van der Waals surface area contributed by atoms with E-state index in [1.54, 1.807) is 13.2 Å². The van der Waals surface area contributed by atoms with Crippen molar-refractivity contribution in [3.63, 3.8) is 0 Å². The van der Waals surface area contributed by atoms with Crippen LogP contribution in [0.1, 0.15) is 12.0 Å². The first-order chi connectivity index (χ1) is 10.0. The first-order valence-electron chi connectivity index (χ1n) is 7.38. The summed E-state index contributed by atoms with van der Waals surface area (Å²) >= 11 is 0. The Morgan fingerprint density at radius 3 is 2.57 bits per heavy atom. The molecule has 1 N–H and O–H groups in total. The van der Waals surface area contributed by atoms with E-state index in [-0.39, 0.29) is 5.82 Å². The van der Waals surface area contributed by atoms with E-state index in [2.05, 4.69) is 10.2 Å². The highest BCUT2D eigenvalue weighted by Gasteiger charge is 2.08. The topological polar surface area (TPSA) is 27.7 Å². The quantitative estimate of drug-likeness (QED) is 0.668. The van der Waals surface area contributed by atoms with Gasteiger partial charge in [0.2, 0.25) is 0 Å². The summed E-state index contributed by atoms with van der Waals surface area (Å²) in [5, 5.41) is 3.21. The zero-order chi connectivity index (χ0) is 15.7. The van der Waals surface area contributed by atoms with Gasteiger partial charge in [-0.15, -0.1) is 0 Å². The number of ether oxygens (including phenoxy) is 1. The third-order valence-electron chi connectivity index (χ3n) is 3.33. The average Bonchev–Trinajstić information content (AvgIpc) is 2.43. The van der Waals surface area contributed by atoms with Crippen LogP contribution in [0.15, 0.2) is 18.2 Å². The van der Waals surface area contributed by atoms with Crippen molar-refractivity contribution in [2.75, 3.05) is 59.4 Å². The average molecular weight is 297 g/mol. The second kappa shape index (κ2) is 9.71. The van der Waals surface area contributed by atoms with Crippen molar-refractivity contribution in [3.05, 3.63) is 29.6 Å². The van der Waals surface area contributed by atoms with Gasteiger partial charge in [0.05, 0.1) is 12.3 Å². The second-order valence-corrected chi connectivity index (χ2v) is 5.53. The molecule has 0 atom stereocenters. The molecule has 1 aromatic carbocycles. The molecule has 4 nitrogen and oxygen atoms in total. The van der Waals surface area contributed by atoms with Crippen molar-refractivity contribution in [2.24, 2.45) is 0 Å². The van der Waals surface area contributed by atoms with Crippen molar-refractivity contribution in [1.29, 1.82) is 0 Å². The number of nitrogens with one attached hydrogen (secondary N) is 1. The highest BCUT2D eigenvalue weighted by molar-refractivity contribution is 5.48. The molecule has 21 heavy (non-hydrogen) atoms. The molecule has 0 fully saturated rings. The minimum absolute atomic E-state index is 0.159. The minimum atomic E-state index is -0.159. The lowest BCUT2D eigenvalue weighted by Gasteiger charge is -2.21. The number of nitrogens with zero attached hydrogens (tertiary/aromatic N) is 2. The lowest BCUT2D eigenvalue weighted by atomic mass is 10.2. The number of rotatable bonds is 10. The molecule has 0 aliphatic heterocycles. The fourth-order valence-corrected chi connectivity index (χ4v) is 2.12. The fourth-order valence-electron chi connectivity index (χ4n) is 2.12. The molecule has 0 bridgehead atoms. The van der Waals surface area contributed by atoms with Crippen LogP contribution >= 0.6 is 0 Å². The van der Waals surface area contributed by atoms with E-state index in [0.717, 1.165) is 31.6 Å². The summed E-state index contributed by atoms with van der Waals surface area (Å²) in [5.41, 5.74) is 1.61. The van der Waals surface area contributed by atoms with E-state index in [4.69, 9.17) is 4.74 Å². The van der Waals surface area contributed by atoms with Crippen LogP contribution in [0.3, 0.4) is 0 Å². The highest BCUT2D eigenvalue weighted by Crippen LogP contribution is 2.19. The van der Waals surface area contributed by atoms with Gasteiger partial charge in [-0.05, 0) is 44.8 Å². The predicted molar refractivity (Wildman–Crippen MR) is 86.4 cm³/mol. The summed E-state index contributed by atoms with van der Waals surface area (Å²) in [6.07, 6.45) is 1.02. The smallest absolute Gasteiger partial charge is 0.146 e. The standard InChI is InChI=1S/C16H28FN3O/c1-19(2)9-5-10-20(3)16-7-6-14(12-15(16)17)13-18-8-11-21-4/h6-7,12,18H,5,8-11,13H2,1-4H3. The van der Waals surface area contributed by atoms with Gasteiger partial charge < -0.3 is 19.9 Å². The van der Waals surface area contributed by atoms with Crippen LogP contribution in [0.4, 0.5) is 10.1 Å². The van der Waals surface area contributed by atoms with Crippen LogP contribution in [0.25, 0.3) is 0 Å². The third kappa shape index (κ3) is 6.89. The number of halogens is 1. The lowest BCUT2D eigenvalue weighted by molar-refractivity contribution is 0.199. The van der Waals surface area contributed by atoms with Crippen molar-refractivity contribution >= 4 is 5.69 Å². The Hall–Kier alpha value is -1.17. The molecule has 0 saturated carbocycles. The van der Waals surface area contributed by atoms with Crippen LogP contribution < -0.4 is 10.2 Å². The van der Waals surface area contributed by atoms with Crippen LogP contribution in [0.5, 0.6) is 0 Å². The van der Waals surface area contributed by atoms with Crippen LogP contribution in [-0.4, -0.2) is 59.4 Å². The Morgan fingerprint density at radius 2 is 1.95 bits per heavy atom. The van der Waals surface area contributed by atoms with Crippen molar-refractivity contribution in [3.8, 4) is 0 Å². The van der Waals surface area contributed by atoms with Crippen molar-refractivity contribution in [2.45, 2.75) is 13.0 Å². The fraction of sp³-hybridized carbons (Fsp3) is 0.625. The summed E-state index contributed by atoms with van der Waals surface area (Å²) in [6, 6.07) is 5.44. The molecule has 0 saturated heterocycles. The largest absolute Gasteiger partial charge is 0.383 e. The van der Waals surface area contributed by atoms with Gasteiger partial charge >= 0.3 is 0 Å². The van der Waals surface area contributed by atoms with Gasteiger partial charge in [-0.2, -0.15) is 0 Å². The first kappa shape index (κ1) is 17.9. The molecule has 5 heteroatoms. The van der Waals surface area contributed by atoms with Gasteiger partial charge in [-0.3, -0.25) is 0 Å². The maximum absolute atomic E-state index is 14.2. The molecule has 1 aromatic rings. The summed E-state index contributed by atoms with van der Waals surface area (Å²) in [4.78, 5) is 4.11. The van der Waals surface area contributed by atoms with E-state index in [1.807, 2.05) is 38.2 Å². The van der Waals surface area contributed by atoms with Gasteiger partial charge in [0.15, 0.2) is 0 Å². The maximum atomic E-state index is 14.2. The van der Waals surface area contributed by atoms with Crippen molar-refractivity contribution in [1.82, 2.24) is 10.2 Å². The predicted octanol–water partition coefficient (Wildman–Crippen LogP) is 1.95. The Bertz CT molecular complexity index is 413. The molecular weight excluding hydrogens is 269 g/mol. The summed E-state index contributed by atoms with van der Waals surface area (Å²) < 4.78 is 19.1. The molecule has 0 heterocycles. The number of anilines is 1. The second-order valence-electron chi connectivity index (χ2n) is 5.53. The third-order valence-corrected chi connectivity index (χ3v) is 3.33. The summed E-state index contributed by atoms with van der Waals surface area (Å²) in [6.45, 7) is 3.94. The molecule has 120 valence electrons. The molecule has 0 aliphatic carbocycles. The maximum Gasteiger partial charge on any atom is 0.146 e. The van der Waals surface area contributed by atoms with Crippen LogP contribution in [0, 0.1) is 5.82 Å². The number of hydrogen-bond acceptors (Lipinski definition) is 4. The SMILES string of the molecule is COCCNCc1ccc(N(C)CCCN(C)C)c(F)c1. The van der Waals surface area contributed by atoms with Crippen LogP contribution in [0.2, 0.25) is 0 Å². The zero-order valence-corrected chi connectivity index (χ0v) is 13.7. The molecule has 1 rings (SSSR count). The number of methoxy groups -OCH3 is 1. The van der Waals surface area contributed by atoms with Crippen molar-refractivity contribution < 1.29 is 9.13 Å². The molecule has 0 aromatic heterocycles. The lowest BCUT2D eigenvalue weighted by Crippen LogP contribution is -2.24. The normalized spacial score (nSPS) is 11.1. The zero-order valence-electron chi connectivity index (χ0n) is 13.7. The van der Waals surface area contributed by atoms with Gasteiger partial charge in [0, 0.05) is 33.8 Å². The molecule has 0 spiro atoms. The van der Waals surface area contributed by atoms with E-state index < -0.39 is 0 Å². The molecular formula is C16H28FN3O. The van der Waals surface area contributed by atoms with E-state index in [9.17, 15) is 4.39 Å². The van der Waals surface area contributed by atoms with Gasteiger partial charge in [0.1, 0.15) is 5.82 Å². The van der Waals surface area contributed by atoms with Gasteiger partial charge in [-0.1, -0.05) is 6.07 Å². The monoisotopic (exact) mass is 297 g/mol. The molecule has 0 radical (unpaired) electrons. The Kier molecular flexibility index (Phi) is 8.27. The number of benzene rings is 1. The molecule has 0 aliphatic rings. The minimum Gasteiger partial charge on any atom is -0.383 e. The number of hydrogen-bond donors (Lipinski definition) is 1. The first-order valence-corrected chi connectivity index (χ1v) is 7.38. The molecule has 0 amide bonds. The Morgan fingerprint density at radius 1 is 1.19 bits per heavy atom. The summed E-state index contributed by atoms with van der Waals surface area (Å²) in [7, 11) is 7.70. The Balaban J connectivity index is 2.48. The Labute approximate surface area is 127 Å².